The minimum atomic E-state index is -0.996. The molecule has 1 fully saturated rings. The minimum Gasteiger partial charge on any atom is -0.496 e. The van der Waals surface area contributed by atoms with Gasteiger partial charge in [-0.25, -0.2) is 0 Å². The first-order valence-electron chi connectivity index (χ1n) is 9.01. The van der Waals surface area contributed by atoms with Crippen molar-refractivity contribution in [2.75, 3.05) is 13.7 Å². The number of benzene rings is 1. The van der Waals surface area contributed by atoms with Crippen LogP contribution in [0.2, 0.25) is 5.02 Å². The van der Waals surface area contributed by atoms with Gasteiger partial charge in [0.2, 0.25) is 0 Å². The number of methoxy groups -OCH3 is 1. The molecule has 5 atom stereocenters. The van der Waals surface area contributed by atoms with Crippen molar-refractivity contribution < 1.29 is 38.1 Å². The summed E-state index contributed by atoms with van der Waals surface area (Å²) in [7, 11) is 1.50. The Bertz CT molecular complexity index is 790. The van der Waals surface area contributed by atoms with Crippen LogP contribution in [0.15, 0.2) is 23.1 Å². The van der Waals surface area contributed by atoms with Crippen LogP contribution in [0.5, 0.6) is 5.75 Å². The molecule has 2 N–H and O–H groups in total. The summed E-state index contributed by atoms with van der Waals surface area (Å²) in [5, 5.41) is 0.469. The van der Waals surface area contributed by atoms with Crippen molar-refractivity contribution >= 4 is 41.3 Å². The molecule has 0 saturated carbocycles. The molecule has 0 aliphatic carbocycles. The van der Waals surface area contributed by atoms with Crippen molar-refractivity contribution in [1.29, 1.82) is 0 Å². The smallest absolute Gasteiger partial charge is 0.303 e. The number of carbonyl (C=O) groups excluding carboxylic acids is 3. The van der Waals surface area contributed by atoms with Crippen LogP contribution >= 0.6 is 23.4 Å². The van der Waals surface area contributed by atoms with Crippen molar-refractivity contribution in [2.45, 2.75) is 55.5 Å². The lowest BCUT2D eigenvalue weighted by Gasteiger charge is -2.43. The predicted octanol–water partition coefficient (Wildman–Crippen LogP) is 1.92. The first-order valence-corrected chi connectivity index (χ1v) is 10.3. The molecule has 5 unspecified atom stereocenters. The monoisotopic (exact) mass is 461 g/mol. The van der Waals surface area contributed by atoms with E-state index < -0.39 is 47.7 Å². The highest BCUT2D eigenvalue weighted by atomic mass is 35.5. The van der Waals surface area contributed by atoms with Crippen LogP contribution in [0.25, 0.3) is 0 Å². The number of carbonyl (C=O) groups is 3. The molecule has 30 heavy (non-hydrogen) atoms. The SMILES string of the molecule is COc1ccc(Cl)cc1SC1OC(COC(C)=O)C(OC(C)=O)C(N)C1OC(C)=O. The zero-order valence-corrected chi connectivity index (χ0v) is 18.5. The molecule has 0 radical (unpaired) electrons. The van der Waals surface area contributed by atoms with Gasteiger partial charge in [0, 0.05) is 25.8 Å². The molecule has 1 aliphatic heterocycles. The Morgan fingerprint density at radius 3 is 2.30 bits per heavy atom. The van der Waals surface area contributed by atoms with E-state index in [0.29, 0.717) is 15.7 Å². The lowest BCUT2D eigenvalue weighted by molar-refractivity contribution is -0.201. The van der Waals surface area contributed by atoms with E-state index in [9.17, 15) is 14.4 Å². The molecular weight excluding hydrogens is 438 g/mol. The van der Waals surface area contributed by atoms with E-state index in [-0.39, 0.29) is 6.61 Å². The fourth-order valence-electron chi connectivity index (χ4n) is 2.91. The van der Waals surface area contributed by atoms with Crippen LogP contribution in [0.4, 0.5) is 0 Å². The minimum absolute atomic E-state index is 0.197. The van der Waals surface area contributed by atoms with Crippen molar-refractivity contribution in [2.24, 2.45) is 5.73 Å². The molecule has 1 aliphatic rings. The molecule has 0 amide bonds. The average Bonchev–Trinajstić information content (AvgIpc) is 2.65. The molecule has 2 rings (SSSR count). The Hall–Kier alpha value is -2.01. The van der Waals surface area contributed by atoms with Crippen molar-refractivity contribution in [1.82, 2.24) is 0 Å². The maximum Gasteiger partial charge on any atom is 0.303 e. The number of hydrogen-bond donors (Lipinski definition) is 1. The Labute approximate surface area is 183 Å². The third kappa shape index (κ3) is 6.49. The second-order valence-corrected chi connectivity index (χ2v) is 8.06. The van der Waals surface area contributed by atoms with Crippen LogP contribution in [0.3, 0.4) is 0 Å². The third-order valence-electron chi connectivity index (χ3n) is 4.13. The van der Waals surface area contributed by atoms with E-state index in [1.807, 2.05) is 0 Å². The molecule has 0 aromatic heterocycles. The van der Waals surface area contributed by atoms with Crippen LogP contribution in [0.1, 0.15) is 20.8 Å². The van der Waals surface area contributed by atoms with E-state index in [0.717, 1.165) is 0 Å². The normalized spacial score (nSPS) is 25.9. The molecule has 166 valence electrons. The number of thioether (sulfide) groups is 1. The highest BCUT2D eigenvalue weighted by Gasteiger charge is 2.49. The maximum atomic E-state index is 11.7. The first kappa shape index (κ1) is 24.3. The van der Waals surface area contributed by atoms with Gasteiger partial charge in [-0.3, -0.25) is 14.4 Å². The summed E-state index contributed by atoms with van der Waals surface area (Å²) in [5.74, 6) is -1.18. The van der Waals surface area contributed by atoms with Gasteiger partial charge >= 0.3 is 17.9 Å². The molecule has 0 spiro atoms. The third-order valence-corrected chi connectivity index (χ3v) is 5.55. The zero-order chi connectivity index (χ0) is 22.4. The average molecular weight is 462 g/mol. The van der Waals surface area contributed by atoms with Crippen LogP contribution in [-0.4, -0.2) is 61.4 Å². The van der Waals surface area contributed by atoms with Crippen LogP contribution in [-0.2, 0) is 33.3 Å². The van der Waals surface area contributed by atoms with Gasteiger partial charge in [0.15, 0.2) is 6.10 Å². The highest BCUT2D eigenvalue weighted by molar-refractivity contribution is 8.00. The summed E-state index contributed by atoms with van der Waals surface area (Å²) in [6.07, 6.45) is -2.83. The van der Waals surface area contributed by atoms with Gasteiger partial charge in [-0.1, -0.05) is 23.4 Å². The van der Waals surface area contributed by atoms with Gasteiger partial charge in [0.25, 0.3) is 0 Å². The molecule has 9 nitrogen and oxygen atoms in total. The van der Waals surface area contributed by atoms with Crippen molar-refractivity contribution in [3.8, 4) is 5.75 Å². The molecule has 1 aromatic carbocycles. The molecule has 11 heteroatoms. The molecule has 0 bridgehead atoms. The number of rotatable bonds is 7. The van der Waals surface area contributed by atoms with Gasteiger partial charge in [-0.05, 0) is 18.2 Å². The lowest BCUT2D eigenvalue weighted by atomic mass is 9.97. The first-order chi connectivity index (χ1) is 14.1. The van der Waals surface area contributed by atoms with E-state index >= 15 is 0 Å². The van der Waals surface area contributed by atoms with Crippen LogP contribution < -0.4 is 10.5 Å². The number of ether oxygens (including phenoxy) is 5. The van der Waals surface area contributed by atoms with Gasteiger partial charge in [0.05, 0.1) is 18.0 Å². The Balaban J connectivity index is 2.37. The number of hydrogen-bond acceptors (Lipinski definition) is 10. The summed E-state index contributed by atoms with van der Waals surface area (Å²) in [5.41, 5.74) is 5.50. The second kappa shape index (κ2) is 10.9. The van der Waals surface area contributed by atoms with E-state index in [1.165, 1.54) is 39.6 Å². The quantitative estimate of drug-likeness (QED) is 0.475. The number of esters is 3. The lowest BCUT2D eigenvalue weighted by Crippen LogP contribution is -2.63. The Morgan fingerprint density at radius 2 is 1.73 bits per heavy atom. The largest absolute Gasteiger partial charge is 0.496 e. The van der Waals surface area contributed by atoms with Gasteiger partial charge in [-0.15, -0.1) is 0 Å². The summed E-state index contributed by atoms with van der Waals surface area (Å²) in [4.78, 5) is 35.2. The van der Waals surface area contributed by atoms with E-state index in [2.05, 4.69) is 0 Å². The van der Waals surface area contributed by atoms with Crippen molar-refractivity contribution in [3.05, 3.63) is 23.2 Å². The summed E-state index contributed by atoms with van der Waals surface area (Å²) < 4.78 is 27.1. The molecule has 1 saturated heterocycles. The van der Waals surface area contributed by atoms with Gasteiger partial charge in [0.1, 0.15) is 30.0 Å². The Morgan fingerprint density at radius 1 is 1.10 bits per heavy atom. The fourth-order valence-corrected chi connectivity index (χ4v) is 4.43. The predicted molar refractivity (Wildman–Crippen MR) is 108 cm³/mol. The topological polar surface area (TPSA) is 123 Å². The second-order valence-electron chi connectivity index (χ2n) is 6.48. The number of nitrogens with two attached hydrogens (primary N) is 1. The van der Waals surface area contributed by atoms with Crippen molar-refractivity contribution in [3.63, 3.8) is 0 Å². The molecule has 1 heterocycles. The number of halogens is 1. The highest BCUT2D eigenvalue weighted by Crippen LogP contribution is 2.40. The molecular formula is C19H24ClNO8S. The fraction of sp³-hybridized carbons (Fsp3) is 0.526. The molecule has 1 aromatic rings. The Kier molecular flexibility index (Phi) is 8.78. The zero-order valence-electron chi connectivity index (χ0n) is 17.0. The standard InChI is InChI=1S/C19H24ClNO8S/c1-9(22)26-8-14-17(27-10(2)23)16(21)18(28-11(3)24)19(29-14)30-15-7-12(20)5-6-13(15)25-4/h5-7,14,16-19H,8,21H2,1-4H3. The van der Waals surface area contributed by atoms with Gasteiger partial charge < -0.3 is 29.4 Å². The summed E-state index contributed by atoms with van der Waals surface area (Å²) >= 11 is 7.27. The maximum absolute atomic E-state index is 11.7. The van der Waals surface area contributed by atoms with Crippen LogP contribution in [0, 0.1) is 0 Å². The van der Waals surface area contributed by atoms with Gasteiger partial charge in [-0.2, -0.15) is 0 Å². The summed E-state index contributed by atoms with van der Waals surface area (Å²) in [6.45, 7) is 3.50. The van der Waals surface area contributed by atoms with E-state index in [1.54, 1.807) is 18.2 Å². The summed E-state index contributed by atoms with van der Waals surface area (Å²) in [6, 6.07) is 4.09. The van der Waals surface area contributed by atoms with E-state index in [4.69, 9.17) is 41.0 Å².